The summed E-state index contributed by atoms with van der Waals surface area (Å²) in [7, 11) is -3.88. The van der Waals surface area contributed by atoms with Crippen molar-refractivity contribution in [1.29, 1.82) is 0 Å². The van der Waals surface area contributed by atoms with E-state index in [0.29, 0.717) is 5.69 Å². The second-order valence-corrected chi connectivity index (χ2v) is 9.26. The van der Waals surface area contributed by atoms with E-state index in [2.05, 4.69) is 21.2 Å². The number of hydrogen-bond donors (Lipinski definition) is 1. The smallest absolute Gasteiger partial charge is 0.255 e. The molecule has 3 aromatic rings. The first kappa shape index (κ1) is 18.6. The molecule has 140 valence electrons. The Kier molecular flexibility index (Phi) is 4.44. The van der Waals surface area contributed by atoms with Crippen molar-refractivity contribution in [2.75, 3.05) is 5.32 Å². The second kappa shape index (κ2) is 6.68. The highest BCUT2D eigenvalue weighted by Crippen LogP contribution is 2.35. The van der Waals surface area contributed by atoms with Gasteiger partial charge in [0.1, 0.15) is 0 Å². The van der Waals surface area contributed by atoms with Gasteiger partial charge in [-0.3, -0.25) is 9.59 Å². The lowest BCUT2D eigenvalue weighted by Gasteiger charge is -2.19. The summed E-state index contributed by atoms with van der Waals surface area (Å²) in [4.78, 5) is 25.2. The first-order chi connectivity index (χ1) is 13.3. The molecule has 1 N–H and O–H groups in total. The first-order valence-electron chi connectivity index (χ1n) is 8.39. The van der Waals surface area contributed by atoms with E-state index < -0.39 is 15.7 Å². The predicted octanol–water partition coefficient (Wildman–Crippen LogP) is 4.39. The van der Waals surface area contributed by atoms with Gasteiger partial charge in [-0.2, -0.15) is 0 Å². The number of amides is 1. The first-order valence-corrected chi connectivity index (χ1v) is 10.7. The van der Waals surface area contributed by atoms with Crippen LogP contribution in [-0.4, -0.2) is 20.1 Å². The maximum Gasteiger partial charge on any atom is 0.255 e. The third-order valence-electron chi connectivity index (χ3n) is 4.64. The highest BCUT2D eigenvalue weighted by Gasteiger charge is 2.35. The van der Waals surface area contributed by atoms with Gasteiger partial charge in [0.25, 0.3) is 5.91 Å². The van der Waals surface area contributed by atoms with Crippen molar-refractivity contribution in [2.24, 2.45) is 0 Å². The molecular formula is C21H14BrNO4S. The van der Waals surface area contributed by atoms with E-state index in [-0.39, 0.29) is 32.3 Å². The fourth-order valence-corrected chi connectivity index (χ4v) is 5.34. The number of rotatable bonds is 2. The Balaban J connectivity index is 1.76. The zero-order chi connectivity index (χ0) is 20.1. The topological polar surface area (TPSA) is 80.3 Å². The maximum absolute atomic E-state index is 13.0. The molecule has 0 aromatic heterocycles. The normalized spacial score (nSPS) is 14.1. The van der Waals surface area contributed by atoms with Crippen LogP contribution < -0.4 is 5.32 Å². The highest BCUT2D eigenvalue weighted by molar-refractivity contribution is 9.10. The molecule has 0 saturated heterocycles. The number of carbonyl (C=O) groups excluding carboxylic acids is 2. The lowest BCUT2D eigenvalue weighted by Crippen LogP contribution is -2.21. The molecule has 0 atom stereocenters. The van der Waals surface area contributed by atoms with Gasteiger partial charge in [-0.25, -0.2) is 8.42 Å². The summed E-state index contributed by atoms with van der Waals surface area (Å²) < 4.78 is 26.8. The minimum Gasteiger partial charge on any atom is -0.322 e. The molecular weight excluding hydrogens is 442 g/mol. The number of sulfone groups is 1. The van der Waals surface area contributed by atoms with Crippen LogP contribution >= 0.6 is 15.9 Å². The Bertz CT molecular complexity index is 1270. The number of halogens is 1. The van der Waals surface area contributed by atoms with Gasteiger partial charge in [0.15, 0.2) is 5.78 Å². The SMILES string of the molecule is Cc1cc(Br)ccc1NC(=O)c1ccc2c(c1)S(=O)(=O)c1ccccc1C2=O. The Morgan fingerprint density at radius 1 is 0.929 bits per heavy atom. The van der Waals surface area contributed by atoms with Crippen LogP contribution in [-0.2, 0) is 9.84 Å². The Morgan fingerprint density at radius 3 is 2.39 bits per heavy atom. The fraction of sp³-hybridized carbons (Fsp3) is 0.0476. The molecule has 3 aromatic carbocycles. The van der Waals surface area contributed by atoms with E-state index in [9.17, 15) is 18.0 Å². The lowest BCUT2D eigenvalue weighted by molar-refractivity contribution is 0.101. The molecule has 1 aliphatic rings. The number of hydrogen-bond acceptors (Lipinski definition) is 4. The van der Waals surface area contributed by atoms with Crippen molar-refractivity contribution in [3.8, 4) is 0 Å². The van der Waals surface area contributed by atoms with E-state index >= 15 is 0 Å². The molecule has 1 amide bonds. The number of anilines is 1. The minimum absolute atomic E-state index is 0.0335. The summed E-state index contributed by atoms with van der Waals surface area (Å²) in [6.07, 6.45) is 0. The third kappa shape index (κ3) is 2.96. The van der Waals surface area contributed by atoms with E-state index in [1.54, 1.807) is 24.3 Å². The Labute approximate surface area is 170 Å². The summed E-state index contributed by atoms with van der Waals surface area (Å²) in [6, 6.07) is 15.6. The number of nitrogens with one attached hydrogen (secondary N) is 1. The summed E-state index contributed by atoms with van der Waals surface area (Å²) in [5.41, 5.74) is 1.87. The largest absolute Gasteiger partial charge is 0.322 e. The monoisotopic (exact) mass is 455 g/mol. The molecule has 5 nitrogen and oxygen atoms in total. The van der Waals surface area contributed by atoms with Crippen molar-refractivity contribution >= 4 is 43.1 Å². The van der Waals surface area contributed by atoms with Gasteiger partial charge in [0.05, 0.1) is 9.79 Å². The van der Waals surface area contributed by atoms with Crippen molar-refractivity contribution in [3.63, 3.8) is 0 Å². The number of carbonyl (C=O) groups is 2. The molecule has 28 heavy (non-hydrogen) atoms. The Hall–Kier alpha value is -2.77. The molecule has 0 bridgehead atoms. The zero-order valence-electron chi connectivity index (χ0n) is 14.7. The average Bonchev–Trinajstić information content (AvgIpc) is 2.68. The van der Waals surface area contributed by atoms with Crippen LogP contribution in [0, 0.1) is 6.92 Å². The maximum atomic E-state index is 13.0. The molecule has 0 spiro atoms. The van der Waals surface area contributed by atoms with Crippen molar-refractivity contribution in [3.05, 3.63) is 87.4 Å². The quantitative estimate of drug-likeness (QED) is 0.485. The zero-order valence-corrected chi connectivity index (χ0v) is 17.1. The van der Waals surface area contributed by atoms with E-state index in [0.717, 1.165) is 10.0 Å². The lowest BCUT2D eigenvalue weighted by atomic mass is 10.0. The number of benzene rings is 3. The molecule has 0 aliphatic carbocycles. The van der Waals surface area contributed by atoms with Crippen molar-refractivity contribution < 1.29 is 18.0 Å². The van der Waals surface area contributed by atoms with Gasteiger partial charge >= 0.3 is 0 Å². The molecule has 7 heteroatoms. The van der Waals surface area contributed by atoms with E-state index in [4.69, 9.17) is 0 Å². The Morgan fingerprint density at radius 2 is 1.64 bits per heavy atom. The molecule has 1 heterocycles. The van der Waals surface area contributed by atoms with Crippen LogP contribution in [0.2, 0.25) is 0 Å². The summed E-state index contributed by atoms with van der Waals surface area (Å²) in [6.45, 7) is 1.85. The minimum atomic E-state index is -3.88. The van der Waals surface area contributed by atoms with E-state index in [1.807, 2.05) is 13.0 Å². The van der Waals surface area contributed by atoms with Gasteiger partial charge < -0.3 is 5.32 Å². The van der Waals surface area contributed by atoms with Crippen LogP contribution in [0.4, 0.5) is 5.69 Å². The molecule has 1 aliphatic heterocycles. The molecule has 0 fully saturated rings. The highest BCUT2D eigenvalue weighted by atomic mass is 79.9. The molecule has 4 rings (SSSR count). The van der Waals surface area contributed by atoms with Crippen LogP contribution in [0.25, 0.3) is 0 Å². The van der Waals surface area contributed by atoms with Crippen molar-refractivity contribution in [2.45, 2.75) is 16.7 Å². The van der Waals surface area contributed by atoms with Gasteiger partial charge in [-0.05, 0) is 61.0 Å². The number of ketones is 1. The van der Waals surface area contributed by atoms with Crippen LogP contribution in [0.15, 0.2) is 74.9 Å². The molecule has 0 radical (unpaired) electrons. The van der Waals surface area contributed by atoms with Gasteiger partial charge in [0, 0.05) is 26.9 Å². The van der Waals surface area contributed by atoms with Crippen LogP contribution in [0.1, 0.15) is 31.8 Å². The molecule has 0 unspecified atom stereocenters. The van der Waals surface area contributed by atoms with Crippen LogP contribution in [0.5, 0.6) is 0 Å². The average molecular weight is 456 g/mol. The fourth-order valence-electron chi connectivity index (χ4n) is 3.19. The van der Waals surface area contributed by atoms with E-state index in [1.165, 1.54) is 30.3 Å². The second-order valence-electron chi connectivity index (χ2n) is 6.45. The van der Waals surface area contributed by atoms with Gasteiger partial charge in [-0.15, -0.1) is 0 Å². The van der Waals surface area contributed by atoms with Gasteiger partial charge in [-0.1, -0.05) is 28.1 Å². The summed E-state index contributed by atoms with van der Waals surface area (Å²) in [5, 5.41) is 2.78. The molecule has 0 saturated carbocycles. The summed E-state index contributed by atoms with van der Waals surface area (Å²) >= 11 is 3.37. The number of aryl methyl sites for hydroxylation is 1. The van der Waals surface area contributed by atoms with Gasteiger partial charge in [0.2, 0.25) is 9.84 Å². The summed E-state index contributed by atoms with van der Waals surface area (Å²) in [5.74, 6) is -0.814. The van der Waals surface area contributed by atoms with Crippen LogP contribution in [0.3, 0.4) is 0 Å². The standard InChI is InChI=1S/C21H14BrNO4S/c1-12-10-14(22)7-9-17(12)23-21(25)13-6-8-16-19(11-13)28(26,27)18-5-3-2-4-15(18)20(16)24/h2-11H,1H3,(H,23,25). The van der Waals surface area contributed by atoms with Crippen molar-refractivity contribution in [1.82, 2.24) is 0 Å². The third-order valence-corrected chi connectivity index (χ3v) is 6.98. The predicted molar refractivity (Wildman–Crippen MR) is 109 cm³/mol. The number of fused-ring (bicyclic) bond motifs is 2.